The van der Waals surface area contributed by atoms with Gasteiger partial charge in [-0.25, -0.2) is 0 Å². The Morgan fingerprint density at radius 3 is 2.29 bits per heavy atom. The topological polar surface area (TPSA) is 40.5 Å². The van der Waals surface area contributed by atoms with E-state index in [1.165, 1.54) is 25.3 Å². The van der Waals surface area contributed by atoms with Gasteiger partial charge in [0.15, 0.2) is 0 Å². The standard InChI is InChI=1S/C15H24O2/c1-3-5-7-8-9-11-13-15(17)14(16)12-10-6-4-2/h2,6,9-11,14-17H,3,5,7-8,12-13H2,1H3/b10-6+,11-9-/t14-,15-/m1/s1. The molecule has 0 bridgehead atoms. The van der Waals surface area contributed by atoms with Crippen LogP contribution in [0.5, 0.6) is 0 Å². The zero-order valence-corrected chi connectivity index (χ0v) is 10.7. The van der Waals surface area contributed by atoms with Gasteiger partial charge in [-0.15, -0.1) is 6.42 Å². The van der Waals surface area contributed by atoms with E-state index in [0.29, 0.717) is 12.8 Å². The number of allylic oxidation sites excluding steroid dienone is 2. The number of hydrogen-bond donors (Lipinski definition) is 2. The number of unbranched alkanes of at least 4 members (excludes halogenated alkanes) is 3. The molecule has 2 N–H and O–H groups in total. The molecular weight excluding hydrogens is 212 g/mol. The van der Waals surface area contributed by atoms with E-state index in [-0.39, 0.29) is 0 Å². The molecule has 0 aromatic heterocycles. The molecule has 0 aromatic rings. The van der Waals surface area contributed by atoms with Gasteiger partial charge in [0.1, 0.15) is 0 Å². The Balaban J connectivity index is 3.66. The van der Waals surface area contributed by atoms with E-state index in [1.807, 2.05) is 6.08 Å². The molecule has 0 aliphatic carbocycles. The van der Waals surface area contributed by atoms with Crippen LogP contribution in [0, 0.1) is 12.3 Å². The van der Waals surface area contributed by atoms with Gasteiger partial charge in [-0.2, -0.15) is 0 Å². The third-order valence-corrected chi connectivity index (χ3v) is 2.55. The van der Waals surface area contributed by atoms with Crippen molar-refractivity contribution in [2.24, 2.45) is 0 Å². The second kappa shape index (κ2) is 11.4. The summed E-state index contributed by atoms with van der Waals surface area (Å²) in [5.41, 5.74) is 0. The fourth-order valence-corrected chi connectivity index (χ4v) is 1.46. The third-order valence-electron chi connectivity index (χ3n) is 2.55. The van der Waals surface area contributed by atoms with Crippen LogP contribution in [0.2, 0.25) is 0 Å². The Bertz CT molecular complexity index is 261. The number of hydrogen-bond acceptors (Lipinski definition) is 2. The fourth-order valence-electron chi connectivity index (χ4n) is 1.46. The molecule has 0 rings (SSSR count). The van der Waals surface area contributed by atoms with Crippen LogP contribution in [0.25, 0.3) is 0 Å². The highest BCUT2D eigenvalue weighted by Crippen LogP contribution is 2.06. The summed E-state index contributed by atoms with van der Waals surface area (Å²) in [5, 5.41) is 19.2. The molecule has 0 aromatic carbocycles. The van der Waals surface area contributed by atoms with E-state index >= 15 is 0 Å². The van der Waals surface area contributed by atoms with Gasteiger partial charge in [0.25, 0.3) is 0 Å². The molecule has 0 amide bonds. The van der Waals surface area contributed by atoms with Crippen LogP contribution in [0.4, 0.5) is 0 Å². The molecule has 0 saturated heterocycles. The van der Waals surface area contributed by atoms with Crippen molar-refractivity contribution < 1.29 is 10.2 Å². The number of aliphatic hydroxyl groups excluding tert-OH is 2. The number of aliphatic hydroxyl groups is 2. The number of terminal acetylenes is 1. The number of rotatable bonds is 9. The molecule has 0 saturated carbocycles. The molecular formula is C15H24O2. The van der Waals surface area contributed by atoms with Crippen molar-refractivity contribution in [2.75, 3.05) is 0 Å². The fraction of sp³-hybridized carbons (Fsp3) is 0.600. The molecule has 0 radical (unpaired) electrons. The largest absolute Gasteiger partial charge is 0.390 e. The molecule has 2 nitrogen and oxygen atoms in total. The highest BCUT2D eigenvalue weighted by Gasteiger charge is 2.12. The monoisotopic (exact) mass is 236 g/mol. The van der Waals surface area contributed by atoms with E-state index in [1.54, 1.807) is 6.08 Å². The lowest BCUT2D eigenvalue weighted by Crippen LogP contribution is -2.24. The van der Waals surface area contributed by atoms with Gasteiger partial charge in [0.2, 0.25) is 0 Å². The van der Waals surface area contributed by atoms with Crippen molar-refractivity contribution in [1.82, 2.24) is 0 Å². The summed E-state index contributed by atoms with van der Waals surface area (Å²) in [5.74, 6) is 2.35. The van der Waals surface area contributed by atoms with E-state index in [0.717, 1.165) is 6.42 Å². The molecule has 0 heterocycles. The molecule has 0 aliphatic heterocycles. The van der Waals surface area contributed by atoms with Crippen LogP contribution < -0.4 is 0 Å². The normalized spacial score (nSPS) is 15.2. The Hall–Kier alpha value is -1.04. The first-order valence-electron chi connectivity index (χ1n) is 6.34. The van der Waals surface area contributed by atoms with Crippen molar-refractivity contribution in [2.45, 2.75) is 57.7 Å². The average Bonchev–Trinajstić information content (AvgIpc) is 2.33. The van der Waals surface area contributed by atoms with Crippen LogP contribution in [-0.4, -0.2) is 22.4 Å². The lowest BCUT2D eigenvalue weighted by atomic mass is 10.1. The van der Waals surface area contributed by atoms with Crippen LogP contribution in [0.1, 0.15) is 45.4 Å². The molecule has 96 valence electrons. The molecule has 0 spiro atoms. The second-order valence-electron chi connectivity index (χ2n) is 4.14. The van der Waals surface area contributed by atoms with Crippen LogP contribution in [-0.2, 0) is 0 Å². The maximum absolute atomic E-state index is 9.63. The first-order valence-corrected chi connectivity index (χ1v) is 6.34. The quantitative estimate of drug-likeness (QED) is 0.367. The van der Waals surface area contributed by atoms with Gasteiger partial charge in [-0.05, 0) is 31.8 Å². The molecule has 2 atom stereocenters. The van der Waals surface area contributed by atoms with Crippen molar-refractivity contribution in [3.63, 3.8) is 0 Å². The minimum Gasteiger partial charge on any atom is -0.390 e. The predicted molar refractivity (Wildman–Crippen MR) is 72.5 cm³/mol. The molecule has 0 fully saturated rings. The highest BCUT2D eigenvalue weighted by atomic mass is 16.3. The highest BCUT2D eigenvalue weighted by molar-refractivity contribution is 5.09. The minimum atomic E-state index is -0.736. The van der Waals surface area contributed by atoms with Crippen LogP contribution in [0.3, 0.4) is 0 Å². The molecule has 0 aliphatic rings. The summed E-state index contributed by atoms with van der Waals surface area (Å²) in [6.07, 6.45) is 16.4. The summed E-state index contributed by atoms with van der Waals surface area (Å²) in [7, 11) is 0. The molecule has 17 heavy (non-hydrogen) atoms. The SMILES string of the molecule is C#C/C=C/C[C@@H](O)[C@H](O)C/C=C\CCCCC. The zero-order valence-electron chi connectivity index (χ0n) is 10.7. The zero-order chi connectivity index (χ0) is 12.9. The Morgan fingerprint density at radius 1 is 1.06 bits per heavy atom. The summed E-state index contributed by atoms with van der Waals surface area (Å²) in [4.78, 5) is 0. The van der Waals surface area contributed by atoms with Crippen molar-refractivity contribution in [3.05, 3.63) is 24.3 Å². The second-order valence-corrected chi connectivity index (χ2v) is 4.14. The van der Waals surface area contributed by atoms with E-state index in [2.05, 4.69) is 18.9 Å². The molecule has 0 unspecified atom stereocenters. The average molecular weight is 236 g/mol. The van der Waals surface area contributed by atoms with Gasteiger partial charge in [-0.1, -0.05) is 43.9 Å². The lowest BCUT2D eigenvalue weighted by Gasteiger charge is -2.14. The van der Waals surface area contributed by atoms with E-state index in [9.17, 15) is 10.2 Å². The van der Waals surface area contributed by atoms with Gasteiger partial charge < -0.3 is 10.2 Å². The third kappa shape index (κ3) is 9.86. The minimum absolute atomic E-state index is 0.398. The summed E-state index contributed by atoms with van der Waals surface area (Å²) < 4.78 is 0. The van der Waals surface area contributed by atoms with Gasteiger partial charge in [0, 0.05) is 0 Å². The van der Waals surface area contributed by atoms with Crippen molar-refractivity contribution in [3.8, 4) is 12.3 Å². The smallest absolute Gasteiger partial charge is 0.0836 e. The first-order chi connectivity index (χ1) is 8.22. The van der Waals surface area contributed by atoms with E-state index in [4.69, 9.17) is 6.42 Å². The van der Waals surface area contributed by atoms with Crippen molar-refractivity contribution >= 4 is 0 Å². The summed E-state index contributed by atoms with van der Waals surface area (Å²) in [6, 6.07) is 0. The maximum Gasteiger partial charge on any atom is 0.0836 e. The van der Waals surface area contributed by atoms with Gasteiger partial charge in [-0.3, -0.25) is 0 Å². The van der Waals surface area contributed by atoms with Gasteiger partial charge in [0.05, 0.1) is 12.2 Å². The van der Waals surface area contributed by atoms with Crippen molar-refractivity contribution in [1.29, 1.82) is 0 Å². The lowest BCUT2D eigenvalue weighted by molar-refractivity contribution is 0.0238. The van der Waals surface area contributed by atoms with Gasteiger partial charge >= 0.3 is 0 Å². The van der Waals surface area contributed by atoms with Crippen LogP contribution in [0.15, 0.2) is 24.3 Å². The predicted octanol–water partition coefficient (Wildman–Crippen LogP) is 2.81. The summed E-state index contributed by atoms with van der Waals surface area (Å²) >= 11 is 0. The Morgan fingerprint density at radius 2 is 1.71 bits per heavy atom. The Labute approximate surface area is 105 Å². The first kappa shape index (κ1) is 16.0. The maximum atomic E-state index is 9.63. The summed E-state index contributed by atoms with van der Waals surface area (Å²) in [6.45, 7) is 2.17. The van der Waals surface area contributed by atoms with Crippen LogP contribution >= 0.6 is 0 Å². The Kier molecular flexibility index (Phi) is 10.7. The van der Waals surface area contributed by atoms with E-state index < -0.39 is 12.2 Å². The molecule has 2 heteroatoms.